The molecular weight excluding hydrogens is 280 g/mol. The van der Waals surface area contributed by atoms with Crippen molar-refractivity contribution in [3.8, 4) is 0 Å². The molecule has 1 saturated heterocycles. The Morgan fingerprint density at radius 1 is 1.00 bits per heavy atom. The molecule has 2 heterocycles. The summed E-state index contributed by atoms with van der Waals surface area (Å²) in [6.07, 6.45) is 16.6. The molecule has 0 amide bonds. The summed E-state index contributed by atoms with van der Waals surface area (Å²) in [5, 5.41) is 0. The standard InChI is InChI=1S/C21H28N2/c1-16-10-6-7-13-19(16)23-17(2)21(18-11-4-3-5-12-18)22-15-9-8-14-20(22)23/h6-10,13-15,17-18,20-21H,3-5,11-12H2,1-2H3/t17-,20?,21?/m0/s1. The zero-order chi connectivity index (χ0) is 15.8. The molecule has 2 heteroatoms. The van der Waals surface area contributed by atoms with Crippen LogP contribution in [0.5, 0.6) is 0 Å². The molecule has 1 aromatic carbocycles. The fourth-order valence-corrected chi connectivity index (χ4v) is 4.99. The van der Waals surface area contributed by atoms with Crippen molar-refractivity contribution in [1.82, 2.24) is 4.90 Å². The molecule has 1 aliphatic carbocycles. The van der Waals surface area contributed by atoms with Gasteiger partial charge < -0.3 is 9.80 Å². The molecule has 122 valence electrons. The van der Waals surface area contributed by atoms with Crippen molar-refractivity contribution < 1.29 is 0 Å². The normalized spacial score (nSPS) is 30.8. The van der Waals surface area contributed by atoms with Crippen LogP contribution in [-0.4, -0.2) is 23.1 Å². The monoisotopic (exact) mass is 308 g/mol. The van der Waals surface area contributed by atoms with Crippen LogP contribution in [-0.2, 0) is 0 Å². The number of benzene rings is 1. The number of hydrogen-bond donors (Lipinski definition) is 0. The van der Waals surface area contributed by atoms with E-state index >= 15 is 0 Å². The second kappa shape index (κ2) is 6.07. The number of hydrogen-bond acceptors (Lipinski definition) is 2. The predicted octanol–water partition coefficient (Wildman–Crippen LogP) is 4.86. The van der Waals surface area contributed by atoms with Crippen molar-refractivity contribution in [3.63, 3.8) is 0 Å². The van der Waals surface area contributed by atoms with Crippen molar-refractivity contribution >= 4 is 5.69 Å². The Bertz CT molecular complexity index is 612. The van der Waals surface area contributed by atoms with Crippen LogP contribution >= 0.6 is 0 Å². The van der Waals surface area contributed by atoms with Crippen LogP contribution in [0, 0.1) is 12.8 Å². The van der Waals surface area contributed by atoms with E-state index < -0.39 is 0 Å². The summed E-state index contributed by atoms with van der Waals surface area (Å²) in [6.45, 7) is 4.68. The van der Waals surface area contributed by atoms with Crippen LogP contribution in [0.2, 0.25) is 0 Å². The van der Waals surface area contributed by atoms with Crippen molar-refractivity contribution in [2.24, 2.45) is 5.92 Å². The molecule has 2 fully saturated rings. The summed E-state index contributed by atoms with van der Waals surface area (Å²) >= 11 is 0. The van der Waals surface area contributed by atoms with Crippen LogP contribution in [0.4, 0.5) is 5.69 Å². The lowest BCUT2D eigenvalue weighted by molar-refractivity contribution is 0.179. The number of anilines is 1. The molecule has 3 aliphatic rings. The van der Waals surface area contributed by atoms with Gasteiger partial charge in [-0.1, -0.05) is 43.5 Å². The minimum atomic E-state index is 0.378. The number of fused-ring (bicyclic) bond motifs is 1. The van der Waals surface area contributed by atoms with Gasteiger partial charge in [0.25, 0.3) is 0 Å². The molecule has 1 saturated carbocycles. The zero-order valence-corrected chi connectivity index (χ0v) is 14.4. The Labute approximate surface area is 140 Å². The van der Waals surface area contributed by atoms with E-state index in [2.05, 4.69) is 72.3 Å². The van der Waals surface area contributed by atoms with Crippen molar-refractivity contribution in [2.45, 2.75) is 64.2 Å². The van der Waals surface area contributed by atoms with E-state index in [4.69, 9.17) is 0 Å². The van der Waals surface area contributed by atoms with E-state index in [1.54, 1.807) is 0 Å². The highest BCUT2D eigenvalue weighted by atomic mass is 15.4. The van der Waals surface area contributed by atoms with E-state index in [-0.39, 0.29) is 0 Å². The van der Waals surface area contributed by atoms with Gasteiger partial charge in [-0.25, -0.2) is 0 Å². The molecule has 2 aliphatic heterocycles. The summed E-state index contributed by atoms with van der Waals surface area (Å²) in [7, 11) is 0. The first-order valence-electron chi connectivity index (χ1n) is 9.24. The highest BCUT2D eigenvalue weighted by molar-refractivity contribution is 5.57. The molecule has 0 N–H and O–H groups in total. The molecule has 0 radical (unpaired) electrons. The maximum absolute atomic E-state index is 2.65. The Morgan fingerprint density at radius 3 is 2.57 bits per heavy atom. The van der Waals surface area contributed by atoms with Crippen molar-refractivity contribution in [2.75, 3.05) is 4.90 Å². The largest absolute Gasteiger partial charge is 0.349 e. The zero-order valence-electron chi connectivity index (χ0n) is 14.4. The first kappa shape index (κ1) is 14.9. The Kier molecular flexibility index (Phi) is 3.92. The average molecular weight is 308 g/mol. The van der Waals surface area contributed by atoms with Gasteiger partial charge in [0, 0.05) is 17.9 Å². The van der Waals surface area contributed by atoms with Gasteiger partial charge in [-0.15, -0.1) is 0 Å². The third-order valence-electron chi connectivity index (χ3n) is 6.05. The Balaban J connectivity index is 1.71. The molecule has 0 aromatic heterocycles. The lowest BCUT2D eigenvalue weighted by Gasteiger charge is -2.36. The first-order chi connectivity index (χ1) is 11.3. The van der Waals surface area contributed by atoms with Gasteiger partial charge in [-0.3, -0.25) is 0 Å². The number of aryl methyl sites for hydroxylation is 1. The van der Waals surface area contributed by atoms with Gasteiger partial charge in [0.1, 0.15) is 6.17 Å². The lowest BCUT2D eigenvalue weighted by atomic mass is 9.81. The predicted molar refractivity (Wildman–Crippen MR) is 97.4 cm³/mol. The molecule has 1 aromatic rings. The Hall–Kier alpha value is -1.70. The van der Waals surface area contributed by atoms with Crippen LogP contribution in [0.3, 0.4) is 0 Å². The quantitative estimate of drug-likeness (QED) is 0.769. The first-order valence-corrected chi connectivity index (χ1v) is 9.24. The summed E-state index contributed by atoms with van der Waals surface area (Å²) in [6, 6.07) is 10.0. The molecule has 2 unspecified atom stereocenters. The lowest BCUT2D eigenvalue weighted by Crippen LogP contribution is -2.41. The van der Waals surface area contributed by atoms with Gasteiger partial charge in [0.15, 0.2) is 0 Å². The summed E-state index contributed by atoms with van der Waals surface area (Å²) in [4.78, 5) is 5.28. The van der Waals surface area contributed by atoms with Crippen LogP contribution in [0.1, 0.15) is 44.6 Å². The van der Waals surface area contributed by atoms with E-state index in [1.807, 2.05) is 0 Å². The Morgan fingerprint density at radius 2 is 1.78 bits per heavy atom. The number of para-hydroxylation sites is 1. The van der Waals surface area contributed by atoms with Gasteiger partial charge in [-0.2, -0.15) is 0 Å². The molecule has 0 bridgehead atoms. The van der Waals surface area contributed by atoms with Crippen molar-refractivity contribution in [3.05, 3.63) is 54.3 Å². The van der Waals surface area contributed by atoms with Crippen LogP contribution in [0.25, 0.3) is 0 Å². The maximum Gasteiger partial charge on any atom is 0.121 e. The van der Waals surface area contributed by atoms with E-state index in [0.29, 0.717) is 18.2 Å². The second-order valence-corrected chi connectivity index (χ2v) is 7.41. The molecular formula is C21H28N2. The molecule has 23 heavy (non-hydrogen) atoms. The summed E-state index contributed by atoms with van der Waals surface area (Å²) in [5.41, 5.74) is 2.78. The van der Waals surface area contributed by atoms with Crippen molar-refractivity contribution in [1.29, 1.82) is 0 Å². The van der Waals surface area contributed by atoms with Gasteiger partial charge in [0.05, 0.1) is 6.04 Å². The van der Waals surface area contributed by atoms with E-state index in [9.17, 15) is 0 Å². The topological polar surface area (TPSA) is 6.48 Å². The van der Waals surface area contributed by atoms with E-state index in [0.717, 1.165) is 5.92 Å². The van der Waals surface area contributed by atoms with Gasteiger partial charge in [0.2, 0.25) is 0 Å². The smallest absolute Gasteiger partial charge is 0.121 e. The minimum Gasteiger partial charge on any atom is -0.349 e. The second-order valence-electron chi connectivity index (χ2n) is 7.41. The van der Waals surface area contributed by atoms with Crippen LogP contribution < -0.4 is 4.90 Å². The van der Waals surface area contributed by atoms with Crippen LogP contribution in [0.15, 0.2) is 48.7 Å². The third kappa shape index (κ3) is 2.49. The molecule has 4 rings (SSSR count). The minimum absolute atomic E-state index is 0.378. The molecule has 2 nitrogen and oxygen atoms in total. The summed E-state index contributed by atoms with van der Waals surface area (Å²) in [5.74, 6) is 0.839. The maximum atomic E-state index is 2.65. The number of nitrogens with zero attached hydrogens (tertiary/aromatic N) is 2. The highest BCUT2D eigenvalue weighted by Gasteiger charge is 2.46. The average Bonchev–Trinajstić information content (AvgIpc) is 2.88. The molecule has 3 atom stereocenters. The fraction of sp³-hybridized carbons (Fsp3) is 0.524. The highest BCUT2D eigenvalue weighted by Crippen LogP contribution is 2.42. The molecule has 0 spiro atoms. The number of rotatable bonds is 2. The SMILES string of the molecule is Cc1ccccc1N1C2C=CC=CN2C(C2CCCCC2)[C@@H]1C. The van der Waals surface area contributed by atoms with Gasteiger partial charge >= 0.3 is 0 Å². The third-order valence-corrected chi connectivity index (χ3v) is 6.05. The van der Waals surface area contributed by atoms with E-state index in [1.165, 1.54) is 43.4 Å². The number of allylic oxidation sites excluding steroid dienone is 2. The summed E-state index contributed by atoms with van der Waals surface area (Å²) < 4.78 is 0. The van der Waals surface area contributed by atoms with Gasteiger partial charge in [-0.05, 0) is 56.4 Å². The fourth-order valence-electron chi connectivity index (χ4n) is 4.99.